The largest absolute Gasteiger partial charge is 0.481 e. The van der Waals surface area contributed by atoms with Gasteiger partial charge >= 0.3 is 5.97 Å². The number of carbonyl (C=O) groups excluding carboxylic acids is 1. The van der Waals surface area contributed by atoms with E-state index in [0.717, 1.165) is 6.42 Å². The van der Waals surface area contributed by atoms with E-state index in [0.29, 0.717) is 12.3 Å². The molecule has 0 aliphatic rings. The first-order valence-corrected chi connectivity index (χ1v) is 4.92. The zero-order chi connectivity index (χ0) is 11.1. The Morgan fingerprint density at radius 3 is 2.29 bits per heavy atom. The fraction of sp³-hybridized carbons (Fsp3) is 0.800. The van der Waals surface area contributed by atoms with Gasteiger partial charge in [-0.2, -0.15) is 0 Å². The Bertz CT molecular complexity index is 202. The summed E-state index contributed by atoms with van der Waals surface area (Å²) in [5.41, 5.74) is 5.02. The highest BCUT2D eigenvalue weighted by atomic mass is 16.4. The molecule has 0 aromatic heterocycles. The van der Waals surface area contributed by atoms with Gasteiger partial charge in [-0.1, -0.05) is 13.8 Å². The molecule has 0 radical (unpaired) electrons. The van der Waals surface area contributed by atoms with E-state index in [1.165, 1.54) is 0 Å². The van der Waals surface area contributed by atoms with E-state index in [9.17, 15) is 9.59 Å². The second-order valence-corrected chi connectivity index (χ2v) is 4.10. The van der Waals surface area contributed by atoms with Crippen molar-refractivity contribution in [3.8, 4) is 0 Å². The maximum absolute atomic E-state index is 10.6. The van der Waals surface area contributed by atoms with Crippen LogP contribution in [0.25, 0.3) is 0 Å². The monoisotopic (exact) mass is 201 g/mol. The van der Waals surface area contributed by atoms with Crippen molar-refractivity contribution in [2.45, 2.75) is 39.5 Å². The maximum atomic E-state index is 10.6. The summed E-state index contributed by atoms with van der Waals surface area (Å²) < 4.78 is 0. The van der Waals surface area contributed by atoms with Gasteiger partial charge < -0.3 is 10.8 Å². The van der Waals surface area contributed by atoms with Gasteiger partial charge in [0.1, 0.15) is 0 Å². The molecule has 1 atom stereocenters. The average molecular weight is 201 g/mol. The highest BCUT2D eigenvalue weighted by Crippen LogP contribution is 2.20. The molecular weight excluding hydrogens is 182 g/mol. The van der Waals surface area contributed by atoms with Crippen LogP contribution in [-0.4, -0.2) is 17.0 Å². The number of hydrogen-bond donors (Lipinski definition) is 2. The lowest BCUT2D eigenvalue weighted by molar-refractivity contribution is -0.138. The molecule has 0 heterocycles. The van der Waals surface area contributed by atoms with Crippen molar-refractivity contribution >= 4 is 11.9 Å². The van der Waals surface area contributed by atoms with Crippen LogP contribution in [0.4, 0.5) is 0 Å². The predicted octanol–water partition coefficient (Wildman–Crippen LogP) is 1.39. The summed E-state index contributed by atoms with van der Waals surface area (Å²) in [6, 6.07) is 0. The third kappa shape index (κ3) is 7.58. The highest BCUT2D eigenvalue weighted by Gasteiger charge is 2.15. The molecule has 0 aromatic carbocycles. The molecule has 0 rings (SSSR count). The van der Waals surface area contributed by atoms with Gasteiger partial charge in [0, 0.05) is 12.8 Å². The van der Waals surface area contributed by atoms with Crippen molar-refractivity contribution in [2.24, 2.45) is 17.6 Å². The minimum Gasteiger partial charge on any atom is -0.481 e. The second kappa shape index (κ2) is 6.40. The number of carbonyl (C=O) groups is 2. The summed E-state index contributed by atoms with van der Waals surface area (Å²) in [7, 11) is 0. The van der Waals surface area contributed by atoms with Crippen molar-refractivity contribution in [1.82, 2.24) is 0 Å². The van der Waals surface area contributed by atoms with Crippen molar-refractivity contribution < 1.29 is 14.7 Å². The van der Waals surface area contributed by atoms with Crippen LogP contribution in [0.15, 0.2) is 0 Å². The van der Waals surface area contributed by atoms with E-state index < -0.39 is 5.97 Å². The molecule has 0 saturated heterocycles. The van der Waals surface area contributed by atoms with Crippen LogP contribution in [0.1, 0.15) is 39.5 Å². The lowest BCUT2D eigenvalue weighted by atomic mass is 9.90. The zero-order valence-electron chi connectivity index (χ0n) is 8.82. The molecule has 14 heavy (non-hydrogen) atoms. The maximum Gasteiger partial charge on any atom is 0.303 e. The highest BCUT2D eigenvalue weighted by molar-refractivity contribution is 5.73. The Balaban J connectivity index is 3.96. The van der Waals surface area contributed by atoms with Crippen molar-refractivity contribution in [2.75, 3.05) is 0 Å². The SMILES string of the molecule is CC(C)C[C@@H](CCC(N)=O)CC(=O)O. The Kier molecular flexibility index (Phi) is 5.92. The molecular formula is C10H19NO3. The lowest BCUT2D eigenvalue weighted by Gasteiger charge is -2.15. The predicted molar refractivity (Wildman–Crippen MR) is 53.6 cm³/mol. The van der Waals surface area contributed by atoms with Crippen LogP contribution < -0.4 is 5.73 Å². The van der Waals surface area contributed by atoms with Gasteiger partial charge in [-0.05, 0) is 24.7 Å². The average Bonchev–Trinajstić information content (AvgIpc) is 1.97. The summed E-state index contributed by atoms with van der Waals surface area (Å²) >= 11 is 0. The smallest absolute Gasteiger partial charge is 0.303 e. The molecule has 0 aliphatic carbocycles. The number of aliphatic carboxylic acids is 1. The van der Waals surface area contributed by atoms with Crippen molar-refractivity contribution in [3.05, 3.63) is 0 Å². The minimum atomic E-state index is -0.805. The molecule has 0 unspecified atom stereocenters. The number of nitrogens with two attached hydrogens (primary N) is 1. The molecule has 0 aromatic rings. The zero-order valence-corrected chi connectivity index (χ0v) is 8.82. The van der Waals surface area contributed by atoms with Crippen LogP contribution in [0.3, 0.4) is 0 Å². The van der Waals surface area contributed by atoms with Gasteiger partial charge in [-0.3, -0.25) is 9.59 Å². The van der Waals surface area contributed by atoms with Crippen LogP contribution in [0.5, 0.6) is 0 Å². The molecule has 3 N–H and O–H groups in total. The standard InChI is InChI=1S/C10H19NO3/c1-7(2)5-8(6-10(13)14)3-4-9(11)12/h7-8H,3-6H2,1-2H3,(H2,11,12)(H,13,14)/t8-/m1/s1. The van der Waals surface area contributed by atoms with E-state index in [1.54, 1.807) is 0 Å². The Labute approximate surface area is 84.5 Å². The summed E-state index contributed by atoms with van der Waals surface area (Å²) in [5.74, 6) is -0.642. The number of rotatable bonds is 7. The van der Waals surface area contributed by atoms with Gasteiger partial charge in [0.25, 0.3) is 0 Å². The third-order valence-electron chi connectivity index (χ3n) is 2.07. The van der Waals surface area contributed by atoms with E-state index in [1.807, 2.05) is 13.8 Å². The summed E-state index contributed by atoms with van der Waals surface area (Å²) in [5, 5.41) is 8.65. The van der Waals surface area contributed by atoms with Gasteiger partial charge in [0.15, 0.2) is 0 Å². The van der Waals surface area contributed by atoms with Crippen molar-refractivity contribution in [3.63, 3.8) is 0 Å². The quantitative estimate of drug-likeness (QED) is 0.653. The fourth-order valence-corrected chi connectivity index (χ4v) is 1.56. The molecule has 0 aliphatic heterocycles. The molecule has 0 spiro atoms. The Morgan fingerprint density at radius 1 is 1.36 bits per heavy atom. The van der Waals surface area contributed by atoms with E-state index in [-0.39, 0.29) is 24.7 Å². The molecule has 4 heteroatoms. The topological polar surface area (TPSA) is 80.4 Å². The number of primary amides is 1. The first kappa shape index (κ1) is 12.9. The van der Waals surface area contributed by atoms with Gasteiger partial charge in [-0.15, -0.1) is 0 Å². The lowest BCUT2D eigenvalue weighted by Crippen LogP contribution is -2.16. The van der Waals surface area contributed by atoms with Crippen LogP contribution in [-0.2, 0) is 9.59 Å². The summed E-state index contributed by atoms with van der Waals surface area (Å²) in [6.07, 6.45) is 1.83. The van der Waals surface area contributed by atoms with E-state index >= 15 is 0 Å². The normalized spacial score (nSPS) is 12.8. The van der Waals surface area contributed by atoms with Crippen molar-refractivity contribution in [1.29, 1.82) is 0 Å². The Hall–Kier alpha value is -1.06. The molecule has 0 fully saturated rings. The number of hydrogen-bond acceptors (Lipinski definition) is 2. The molecule has 0 bridgehead atoms. The Morgan fingerprint density at radius 2 is 1.93 bits per heavy atom. The van der Waals surface area contributed by atoms with Gasteiger partial charge in [0.05, 0.1) is 0 Å². The van der Waals surface area contributed by atoms with E-state index in [4.69, 9.17) is 10.8 Å². The van der Waals surface area contributed by atoms with Crippen LogP contribution in [0, 0.1) is 11.8 Å². The molecule has 1 amide bonds. The number of carboxylic acids is 1. The summed E-state index contributed by atoms with van der Waals surface area (Å²) in [6.45, 7) is 4.08. The number of carboxylic acid groups (broad SMARTS) is 1. The fourth-order valence-electron chi connectivity index (χ4n) is 1.56. The van der Waals surface area contributed by atoms with Crippen LogP contribution in [0.2, 0.25) is 0 Å². The molecule has 4 nitrogen and oxygen atoms in total. The van der Waals surface area contributed by atoms with Gasteiger partial charge in [0.2, 0.25) is 5.91 Å². The molecule has 82 valence electrons. The second-order valence-electron chi connectivity index (χ2n) is 4.10. The first-order valence-electron chi connectivity index (χ1n) is 4.92. The van der Waals surface area contributed by atoms with E-state index in [2.05, 4.69) is 0 Å². The third-order valence-corrected chi connectivity index (χ3v) is 2.07. The molecule has 0 saturated carbocycles. The number of amides is 1. The van der Waals surface area contributed by atoms with Gasteiger partial charge in [-0.25, -0.2) is 0 Å². The first-order chi connectivity index (χ1) is 6.41. The summed E-state index contributed by atoms with van der Waals surface area (Å²) in [4.78, 5) is 21.1. The van der Waals surface area contributed by atoms with Crippen LogP contribution >= 0.6 is 0 Å². The minimum absolute atomic E-state index is 0.0694.